The number of rotatable bonds is 4. The molecule has 0 N–H and O–H groups in total. The third-order valence-electron chi connectivity index (χ3n) is 4.58. The summed E-state index contributed by atoms with van der Waals surface area (Å²) in [5.74, 6) is 0.170. The second-order valence-electron chi connectivity index (χ2n) is 6.24. The van der Waals surface area contributed by atoms with E-state index in [1.807, 2.05) is 56.0 Å². The van der Waals surface area contributed by atoms with Gasteiger partial charge in [-0.25, -0.2) is 9.97 Å². The predicted molar refractivity (Wildman–Crippen MR) is 97.1 cm³/mol. The van der Waals surface area contributed by atoms with Crippen LogP contribution < -0.4 is 0 Å². The predicted octanol–water partition coefficient (Wildman–Crippen LogP) is 3.86. The summed E-state index contributed by atoms with van der Waals surface area (Å²) in [6, 6.07) is 9.96. The van der Waals surface area contributed by atoms with Crippen LogP contribution in [0.1, 0.15) is 40.6 Å². The average Bonchev–Trinajstić information content (AvgIpc) is 3.12. The van der Waals surface area contributed by atoms with Crippen molar-refractivity contribution >= 4 is 17.7 Å². The Labute approximate surface area is 147 Å². The number of aromatic nitrogens is 2. The average molecular weight is 341 g/mol. The molecule has 0 bridgehead atoms. The number of carbonyl (C=O) groups excluding carboxylic acids is 1. The van der Waals surface area contributed by atoms with Crippen LogP contribution in [0.3, 0.4) is 0 Å². The molecule has 1 aromatic carbocycles. The summed E-state index contributed by atoms with van der Waals surface area (Å²) in [5, 5.41) is 0.391. The van der Waals surface area contributed by atoms with Gasteiger partial charge in [-0.05, 0) is 44.7 Å². The topological polar surface area (TPSA) is 46.1 Å². The highest BCUT2D eigenvalue weighted by Gasteiger charge is 2.29. The normalized spacial score (nSPS) is 15.5. The summed E-state index contributed by atoms with van der Waals surface area (Å²) in [6.07, 6.45) is 2.19. The summed E-state index contributed by atoms with van der Waals surface area (Å²) in [7, 11) is 0. The maximum atomic E-state index is 13.0. The number of hydrogen-bond acceptors (Lipinski definition) is 4. The highest BCUT2D eigenvalue weighted by Crippen LogP contribution is 2.36. The molecule has 1 amide bonds. The van der Waals surface area contributed by atoms with Gasteiger partial charge in [0.25, 0.3) is 0 Å². The number of nitrogens with zero attached hydrogens (tertiary/aromatic N) is 3. The Hall–Kier alpha value is -1.88. The van der Waals surface area contributed by atoms with E-state index in [1.165, 1.54) is 11.8 Å². The smallest absolute Gasteiger partial charge is 0.240 e. The molecule has 3 rings (SSSR count). The van der Waals surface area contributed by atoms with Crippen molar-refractivity contribution in [1.29, 1.82) is 0 Å². The van der Waals surface area contributed by atoms with Crippen molar-refractivity contribution in [2.24, 2.45) is 0 Å². The van der Waals surface area contributed by atoms with Gasteiger partial charge in [0, 0.05) is 24.5 Å². The van der Waals surface area contributed by atoms with Gasteiger partial charge in [-0.3, -0.25) is 4.79 Å². The van der Waals surface area contributed by atoms with Gasteiger partial charge in [-0.1, -0.05) is 42.1 Å². The molecule has 4 nitrogen and oxygen atoms in total. The molecule has 5 heteroatoms. The van der Waals surface area contributed by atoms with Crippen molar-refractivity contribution in [3.8, 4) is 0 Å². The van der Waals surface area contributed by atoms with E-state index >= 15 is 0 Å². The number of carbonyl (C=O) groups is 1. The Kier molecular flexibility index (Phi) is 5.19. The van der Waals surface area contributed by atoms with Crippen LogP contribution in [0.25, 0.3) is 0 Å². The molecule has 1 atom stereocenters. The molecule has 1 aliphatic rings. The minimum atomic E-state index is -0.286. The Bertz CT molecular complexity index is 704. The number of likely N-dealkylation sites (tertiary alicyclic amines) is 1. The van der Waals surface area contributed by atoms with E-state index < -0.39 is 0 Å². The maximum Gasteiger partial charge on any atom is 0.240 e. The second-order valence-corrected chi connectivity index (χ2v) is 7.32. The van der Waals surface area contributed by atoms with Gasteiger partial charge in [0.15, 0.2) is 5.16 Å². The van der Waals surface area contributed by atoms with Gasteiger partial charge >= 0.3 is 0 Å². The molecule has 1 fully saturated rings. The Morgan fingerprint density at radius 3 is 2.21 bits per heavy atom. The highest BCUT2D eigenvalue weighted by molar-refractivity contribution is 8.00. The van der Waals surface area contributed by atoms with Crippen LogP contribution in [0.5, 0.6) is 0 Å². The molecule has 0 radical (unpaired) electrons. The molecular formula is C19H23N3OS. The van der Waals surface area contributed by atoms with Crippen LogP contribution in [-0.4, -0.2) is 33.9 Å². The fraction of sp³-hybridized carbons (Fsp3) is 0.421. The van der Waals surface area contributed by atoms with Crippen LogP contribution in [0.2, 0.25) is 0 Å². The van der Waals surface area contributed by atoms with Crippen molar-refractivity contribution in [2.45, 2.75) is 44.0 Å². The van der Waals surface area contributed by atoms with E-state index in [2.05, 4.69) is 9.97 Å². The van der Waals surface area contributed by atoms with E-state index in [1.54, 1.807) is 0 Å². The molecule has 0 saturated carbocycles. The van der Waals surface area contributed by atoms with Gasteiger partial charge in [0.05, 0.1) is 0 Å². The van der Waals surface area contributed by atoms with E-state index in [0.717, 1.165) is 48.4 Å². The number of amides is 1. The van der Waals surface area contributed by atoms with Gasteiger partial charge < -0.3 is 4.90 Å². The number of thioether (sulfide) groups is 1. The molecule has 0 spiro atoms. The van der Waals surface area contributed by atoms with E-state index in [4.69, 9.17) is 0 Å². The molecule has 126 valence electrons. The molecule has 1 aromatic heterocycles. The molecule has 0 aliphatic carbocycles. The lowest BCUT2D eigenvalue weighted by Crippen LogP contribution is -2.31. The first kappa shape index (κ1) is 17.0. The first-order valence-electron chi connectivity index (χ1n) is 8.38. The summed E-state index contributed by atoms with van der Waals surface area (Å²) in [6.45, 7) is 7.73. The largest absolute Gasteiger partial charge is 0.341 e. The second kappa shape index (κ2) is 7.34. The summed E-state index contributed by atoms with van der Waals surface area (Å²) >= 11 is 1.46. The summed E-state index contributed by atoms with van der Waals surface area (Å²) < 4.78 is 0. The van der Waals surface area contributed by atoms with Crippen molar-refractivity contribution < 1.29 is 4.79 Å². The monoisotopic (exact) mass is 341 g/mol. The summed E-state index contributed by atoms with van der Waals surface area (Å²) in [4.78, 5) is 24.2. The third-order valence-corrected chi connectivity index (χ3v) is 5.68. The standard InChI is InChI=1S/C19H23N3OS/c1-13-14(2)20-19(21-15(13)3)24-17(16-9-5-4-6-10-16)18(23)22-11-7-8-12-22/h4-6,9-10,17H,7-8,11-12H2,1-3H3. The van der Waals surface area contributed by atoms with Crippen LogP contribution in [0.4, 0.5) is 0 Å². The van der Waals surface area contributed by atoms with Crippen molar-refractivity contribution in [1.82, 2.24) is 14.9 Å². The quantitative estimate of drug-likeness (QED) is 0.626. The Balaban J connectivity index is 1.91. The highest BCUT2D eigenvalue weighted by atomic mass is 32.2. The van der Waals surface area contributed by atoms with E-state index in [-0.39, 0.29) is 11.2 Å². The Morgan fingerprint density at radius 2 is 1.62 bits per heavy atom. The number of hydrogen-bond donors (Lipinski definition) is 0. The van der Waals surface area contributed by atoms with Crippen LogP contribution in [-0.2, 0) is 4.79 Å². The number of benzene rings is 1. The molecule has 24 heavy (non-hydrogen) atoms. The molecule has 1 saturated heterocycles. The van der Waals surface area contributed by atoms with Crippen LogP contribution in [0.15, 0.2) is 35.5 Å². The van der Waals surface area contributed by atoms with Gasteiger partial charge in [-0.15, -0.1) is 0 Å². The van der Waals surface area contributed by atoms with Gasteiger partial charge in [-0.2, -0.15) is 0 Å². The maximum absolute atomic E-state index is 13.0. The first-order chi connectivity index (χ1) is 11.6. The van der Waals surface area contributed by atoms with E-state index in [0.29, 0.717) is 5.16 Å². The molecular weight excluding hydrogens is 318 g/mol. The van der Waals surface area contributed by atoms with Crippen LogP contribution >= 0.6 is 11.8 Å². The molecule has 2 aromatic rings. The lowest BCUT2D eigenvalue weighted by Gasteiger charge is -2.23. The minimum Gasteiger partial charge on any atom is -0.341 e. The fourth-order valence-corrected chi connectivity index (χ4v) is 4.02. The van der Waals surface area contributed by atoms with Crippen molar-refractivity contribution in [3.63, 3.8) is 0 Å². The SMILES string of the molecule is Cc1nc(SC(C(=O)N2CCCC2)c2ccccc2)nc(C)c1C. The number of aryl methyl sites for hydroxylation is 2. The summed E-state index contributed by atoms with van der Waals surface area (Å²) in [5.41, 5.74) is 4.08. The fourth-order valence-electron chi connectivity index (χ4n) is 2.89. The third kappa shape index (κ3) is 3.61. The van der Waals surface area contributed by atoms with Gasteiger partial charge in [0.2, 0.25) is 5.91 Å². The van der Waals surface area contributed by atoms with Gasteiger partial charge in [0.1, 0.15) is 5.25 Å². The van der Waals surface area contributed by atoms with Crippen LogP contribution in [0, 0.1) is 20.8 Å². The molecule has 2 heterocycles. The van der Waals surface area contributed by atoms with E-state index in [9.17, 15) is 4.79 Å². The van der Waals surface area contributed by atoms with Crippen molar-refractivity contribution in [3.05, 3.63) is 52.8 Å². The zero-order valence-corrected chi connectivity index (χ0v) is 15.3. The lowest BCUT2D eigenvalue weighted by molar-refractivity contribution is -0.129. The van der Waals surface area contributed by atoms with Crippen molar-refractivity contribution in [2.75, 3.05) is 13.1 Å². The first-order valence-corrected chi connectivity index (χ1v) is 9.26. The Morgan fingerprint density at radius 1 is 1.04 bits per heavy atom. The zero-order valence-electron chi connectivity index (χ0n) is 14.5. The zero-order chi connectivity index (χ0) is 17.1. The minimum absolute atomic E-state index is 0.170. The molecule has 1 aliphatic heterocycles. The molecule has 1 unspecified atom stereocenters. The lowest BCUT2D eigenvalue weighted by atomic mass is 10.1.